The van der Waals surface area contributed by atoms with E-state index in [2.05, 4.69) is 4.90 Å². The molecular formula is C13H18N4O3. The Kier molecular flexibility index (Phi) is 4.31. The van der Waals surface area contributed by atoms with Crippen LogP contribution in [0.25, 0.3) is 0 Å². The summed E-state index contributed by atoms with van der Waals surface area (Å²) in [6.45, 7) is 1.90. The van der Waals surface area contributed by atoms with Crippen molar-refractivity contribution in [3.8, 4) is 0 Å². The number of rotatable bonds is 5. The minimum Gasteiger partial charge on any atom is -0.366 e. The summed E-state index contributed by atoms with van der Waals surface area (Å²) in [6, 6.07) is 4.64. The Morgan fingerprint density at radius 3 is 2.85 bits per heavy atom. The van der Waals surface area contributed by atoms with Gasteiger partial charge in [-0.05, 0) is 25.5 Å². The second-order valence-corrected chi connectivity index (χ2v) is 4.97. The third-order valence-electron chi connectivity index (χ3n) is 3.71. The third-order valence-corrected chi connectivity index (χ3v) is 3.71. The Balaban J connectivity index is 2.27. The van der Waals surface area contributed by atoms with Gasteiger partial charge in [0, 0.05) is 36.3 Å². The highest BCUT2D eigenvalue weighted by Crippen LogP contribution is 2.25. The molecule has 1 aromatic rings. The van der Waals surface area contributed by atoms with E-state index in [4.69, 9.17) is 11.5 Å². The van der Waals surface area contributed by atoms with Crippen molar-refractivity contribution in [2.24, 2.45) is 11.5 Å². The van der Waals surface area contributed by atoms with Crippen LogP contribution in [0.3, 0.4) is 0 Å². The Morgan fingerprint density at radius 1 is 1.50 bits per heavy atom. The lowest BCUT2D eigenvalue weighted by molar-refractivity contribution is -0.385. The molecule has 7 nitrogen and oxygen atoms in total. The van der Waals surface area contributed by atoms with Crippen molar-refractivity contribution in [2.75, 3.05) is 13.1 Å². The molecule has 1 heterocycles. The number of hydrogen-bond acceptors (Lipinski definition) is 5. The molecule has 1 fully saturated rings. The lowest BCUT2D eigenvalue weighted by Gasteiger charge is -2.23. The van der Waals surface area contributed by atoms with Gasteiger partial charge in [0.25, 0.3) is 5.69 Å². The molecule has 4 N–H and O–H groups in total. The van der Waals surface area contributed by atoms with Crippen LogP contribution < -0.4 is 11.5 Å². The van der Waals surface area contributed by atoms with Crippen LogP contribution in [0.2, 0.25) is 0 Å². The van der Waals surface area contributed by atoms with Crippen LogP contribution in [0.15, 0.2) is 18.2 Å². The molecule has 0 saturated carbocycles. The number of carbonyl (C=O) groups excluding carboxylic acids is 1. The SMILES string of the molecule is NCC1CCCN1Cc1ccc(C(N)=O)cc1[N+](=O)[O-]. The number of primary amides is 1. The number of nitro groups is 1. The van der Waals surface area contributed by atoms with E-state index in [1.807, 2.05) is 0 Å². The summed E-state index contributed by atoms with van der Waals surface area (Å²) in [5.74, 6) is -0.666. The highest BCUT2D eigenvalue weighted by Gasteiger charge is 2.26. The van der Waals surface area contributed by atoms with E-state index in [-0.39, 0.29) is 17.3 Å². The smallest absolute Gasteiger partial charge is 0.274 e. The maximum atomic E-state index is 11.1. The molecule has 1 unspecified atom stereocenters. The number of nitrogens with two attached hydrogens (primary N) is 2. The van der Waals surface area contributed by atoms with E-state index in [1.165, 1.54) is 12.1 Å². The zero-order valence-corrected chi connectivity index (χ0v) is 11.1. The molecule has 1 saturated heterocycles. The van der Waals surface area contributed by atoms with E-state index in [9.17, 15) is 14.9 Å². The molecule has 0 bridgehead atoms. The van der Waals surface area contributed by atoms with Gasteiger partial charge in [-0.25, -0.2) is 0 Å². The number of nitrogens with zero attached hydrogens (tertiary/aromatic N) is 2. The molecule has 1 amide bonds. The van der Waals surface area contributed by atoms with Crippen LogP contribution in [0.5, 0.6) is 0 Å². The molecule has 0 radical (unpaired) electrons. The maximum absolute atomic E-state index is 11.1. The van der Waals surface area contributed by atoms with E-state index in [0.717, 1.165) is 19.4 Å². The number of likely N-dealkylation sites (tertiary alicyclic amines) is 1. The minimum absolute atomic E-state index is 0.0658. The van der Waals surface area contributed by atoms with Gasteiger partial charge in [0.15, 0.2) is 0 Å². The summed E-state index contributed by atoms with van der Waals surface area (Å²) in [6.07, 6.45) is 2.07. The molecule has 1 aliphatic rings. The first-order valence-corrected chi connectivity index (χ1v) is 6.54. The first-order valence-electron chi connectivity index (χ1n) is 6.54. The first-order chi connectivity index (χ1) is 9.52. The summed E-state index contributed by atoms with van der Waals surface area (Å²) in [5.41, 5.74) is 11.5. The van der Waals surface area contributed by atoms with Crippen molar-refractivity contribution in [1.82, 2.24) is 4.90 Å². The van der Waals surface area contributed by atoms with Gasteiger partial charge < -0.3 is 11.5 Å². The lowest BCUT2D eigenvalue weighted by Crippen LogP contribution is -2.35. The van der Waals surface area contributed by atoms with Gasteiger partial charge in [-0.2, -0.15) is 0 Å². The van der Waals surface area contributed by atoms with Crippen molar-refractivity contribution >= 4 is 11.6 Å². The monoisotopic (exact) mass is 278 g/mol. The molecule has 7 heteroatoms. The number of benzene rings is 1. The Morgan fingerprint density at radius 2 is 2.25 bits per heavy atom. The molecule has 0 aliphatic carbocycles. The molecule has 2 rings (SSSR count). The van der Waals surface area contributed by atoms with Crippen LogP contribution in [-0.2, 0) is 6.54 Å². The van der Waals surface area contributed by atoms with Crippen LogP contribution in [0.1, 0.15) is 28.8 Å². The van der Waals surface area contributed by atoms with E-state index in [1.54, 1.807) is 6.07 Å². The summed E-state index contributed by atoms with van der Waals surface area (Å²) < 4.78 is 0. The number of hydrogen-bond donors (Lipinski definition) is 2. The van der Waals surface area contributed by atoms with E-state index >= 15 is 0 Å². The van der Waals surface area contributed by atoms with Gasteiger partial charge in [-0.3, -0.25) is 19.8 Å². The summed E-state index contributed by atoms with van der Waals surface area (Å²) in [5, 5.41) is 11.1. The zero-order chi connectivity index (χ0) is 14.7. The number of carbonyl (C=O) groups is 1. The predicted molar refractivity (Wildman–Crippen MR) is 74.1 cm³/mol. The summed E-state index contributed by atoms with van der Waals surface area (Å²) in [4.78, 5) is 23.9. The molecular weight excluding hydrogens is 260 g/mol. The van der Waals surface area contributed by atoms with Crippen LogP contribution in [-0.4, -0.2) is 34.9 Å². The predicted octanol–water partition coefficient (Wildman–Crippen LogP) is 0.617. The van der Waals surface area contributed by atoms with Crippen LogP contribution >= 0.6 is 0 Å². The summed E-state index contributed by atoms with van der Waals surface area (Å²) in [7, 11) is 0. The quantitative estimate of drug-likeness (QED) is 0.605. The average Bonchev–Trinajstić information content (AvgIpc) is 2.85. The van der Waals surface area contributed by atoms with Gasteiger partial charge in [-0.1, -0.05) is 6.07 Å². The number of amides is 1. The van der Waals surface area contributed by atoms with Crippen LogP contribution in [0.4, 0.5) is 5.69 Å². The van der Waals surface area contributed by atoms with Crippen molar-refractivity contribution in [3.63, 3.8) is 0 Å². The maximum Gasteiger partial charge on any atom is 0.274 e. The highest BCUT2D eigenvalue weighted by molar-refractivity contribution is 5.93. The highest BCUT2D eigenvalue weighted by atomic mass is 16.6. The average molecular weight is 278 g/mol. The molecule has 108 valence electrons. The normalized spacial score (nSPS) is 19.1. The van der Waals surface area contributed by atoms with E-state index < -0.39 is 10.8 Å². The first kappa shape index (κ1) is 14.4. The van der Waals surface area contributed by atoms with Gasteiger partial charge in [0.2, 0.25) is 5.91 Å². The fourth-order valence-electron chi connectivity index (χ4n) is 2.61. The zero-order valence-electron chi connectivity index (χ0n) is 11.1. The molecule has 20 heavy (non-hydrogen) atoms. The Bertz CT molecular complexity index is 532. The molecule has 1 aromatic carbocycles. The molecule has 0 aromatic heterocycles. The lowest BCUT2D eigenvalue weighted by atomic mass is 10.1. The van der Waals surface area contributed by atoms with Crippen molar-refractivity contribution in [1.29, 1.82) is 0 Å². The van der Waals surface area contributed by atoms with Gasteiger partial charge in [0.05, 0.1) is 4.92 Å². The van der Waals surface area contributed by atoms with Gasteiger partial charge >= 0.3 is 0 Å². The fraction of sp³-hybridized carbons (Fsp3) is 0.462. The third kappa shape index (κ3) is 2.94. The van der Waals surface area contributed by atoms with Gasteiger partial charge in [-0.15, -0.1) is 0 Å². The Hall–Kier alpha value is -1.99. The van der Waals surface area contributed by atoms with E-state index in [0.29, 0.717) is 18.7 Å². The standard InChI is InChI=1S/C13H18N4O3/c14-7-11-2-1-5-16(11)8-10-4-3-9(13(15)18)6-12(10)17(19)20/h3-4,6,11H,1-2,5,7-8,14H2,(H2,15,18). The molecule has 1 aliphatic heterocycles. The fourth-order valence-corrected chi connectivity index (χ4v) is 2.61. The second kappa shape index (κ2) is 5.98. The van der Waals surface area contributed by atoms with Crippen LogP contribution in [0, 0.1) is 10.1 Å². The molecule has 1 atom stereocenters. The Labute approximate surface area is 116 Å². The van der Waals surface area contributed by atoms with Crippen molar-refractivity contribution in [3.05, 3.63) is 39.4 Å². The second-order valence-electron chi connectivity index (χ2n) is 4.97. The van der Waals surface area contributed by atoms with Crippen molar-refractivity contribution in [2.45, 2.75) is 25.4 Å². The largest absolute Gasteiger partial charge is 0.366 e. The molecule has 0 spiro atoms. The van der Waals surface area contributed by atoms with Gasteiger partial charge in [0.1, 0.15) is 0 Å². The number of nitro benzene ring substituents is 1. The topological polar surface area (TPSA) is 115 Å². The minimum atomic E-state index is -0.666. The van der Waals surface area contributed by atoms with Crippen molar-refractivity contribution < 1.29 is 9.72 Å². The summed E-state index contributed by atoms with van der Waals surface area (Å²) >= 11 is 0.